The summed E-state index contributed by atoms with van der Waals surface area (Å²) < 4.78 is 152. The molecule has 0 aromatic heterocycles. The Morgan fingerprint density at radius 1 is 0.625 bits per heavy atom. The highest BCUT2D eigenvalue weighted by atomic mass is 19.4. The first kappa shape index (κ1) is 23.2. The van der Waals surface area contributed by atoms with Crippen molar-refractivity contribution in [3.8, 4) is 0 Å². The minimum absolute atomic E-state index is 0.0314. The summed E-state index contributed by atoms with van der Waals surface area (Å²) in [4.78, 5) is 0. The van der Waals surface area contributed by atoms with Gasteiger partial charge in [0, 0.05) is 0 Å². The molecule has 0 aromatic carbocycles. The summed E-state index contributed by atoms with van der Waals surface area (Å²) in [6, 6.07) is 0. The van der Waals surface area contributed by atoms with Gasteiger partial charge < -0.3 is 0 Å². The molecule has 0 aliphatic carbocycles. The molecular formula is C12H14F12. The van der Waals surface area contributed by atoms with E-state index in [9.17, 15) is 52.7 Å². The topological polar surface area (TPSA) is 0 Å². The highest BCUT2D eigenvalue weighted by Crippen LogP contribution is 2.63. The molecule has 0 radical (unpaired) electrons. The predicted molar refractivity (Wildman–Crippen MR) is 58.9 cm³/mol. The Kier molecular flexibility index (Phi) is 6.93. The van der Waals surface area contributed by atoms with E-state index in [1.807, 2.05) is 0 Å². The molecule has 0 fully saturated rings. The van der Waals surface area contributed by atoms with Gasteiger partial charge in [-0.05, 0) is 12.8 Å². The van der Waals surface area contributed by atoms with Crippen molar-refractivity contribution in [3.05, 3.63) is 0 Å². The monoisotopic (exact) mass is 386 g/mol. The van der Waals surface area contributed by atoms with Gasteiger partial charge in [-0.1, -0.05) is 26.2 Å². The molecule has 1 unspecified atom stereocenters. The Balaban J connectivity index is 6.06. The van der Waals surface area contributed by atoms with Crippen LogP contribution in [0.4, 0.5) is 52.7 Å². The van der Waals surface area contributed by atoms with E-state index in [2.05, 4.69) is 0 Å². The Morgan fingerprint density at radius 3 is 1.25 bits per heavy atom. The standard InChI is InChI=1S/C12H14F12/c1-2-3-4-5-7(9(13,14)15)6-8(10(16,17)18,11(19,20)21)12(22,23)24/h7H,2-6H2,1H3. The molecular weight excluding hydrogens is 372 g/mol. The molecule has 0 aliphatic rings. The van der Waals surface area contributed by atoms with Gasteiger partial charge in [0.15, 0.2) is 0 Å². The van der Waals surface area contributed by atoms with E-state index < -0.39 is 55.3 Å². The molecule has 0 bridgehead atoms. The van der Waals surface area contributed by atoms with E-state index in [-0.39, 0.29) is 12.8 Å². The molecule has 0 spiro atoms. The molecule has 0 nitrogen and oxygen atoms in total. The van der Waals surface area contributed by atoms with Gasteiger partial charge in [-0.15, -0.1) is 0 Å². The maximum Gasteiger partial charge on any atom is 0.412 e. The van der Waals surface area contributed by atoms with Crippen LogP contribution in [0.3, 0.4) is 0 Å². The van der Waals surface area contributed by atoms with Gasteiger partial charge >= 0.3 is 24.7 Å². The third-order valence-corrected chi connectivity index (χ3v) is 3.62. The maximum atomic E-state index is 12.7. The third-order valence-electron chi connectivity index (χ3n) is 3.62. The summed E-state index contributed by atoms with van der Waals surface area (Å²) in [5.74, 6) is -3.38. The molecule has 0 saturated heterocycles. The molecule has 146 valence electrons. The van der Waals surface area contributed by atoms with Crippen molar-refractivity contribution in [1.82, 2.24) is 0 Å². The average molecular weight is 386 g/mol. The lowest BCUT2D eigenvalue weighted by Gasteiger charge is -2.40. The van der Waals surface area contributed by atoms with Crippen molar-refractivity contribution in [2.45, 2.75) is 63.7 Å². The van der Waals surface area contributed by atoms with Crippen LogP contribution in [-0.4, -0.2) is 24.7 Å². The van der Waals surface area contributed by atoms with E-state index in [1.54, 1.807) is 0 Å². The van der Waals surface area contributed by atoms with Crippen LogP contribution >= 0.6 is 0 Å². The van der Waals surface area contributed by atoms with Crippen molar-refractivity contribution in [1.29, 1.82) is 0 Å². The molecule has 0 heterocycles. The van der Waals surface area contributed by atoms with Gasteiger partial charge in [0.1, 0.15) is 0 Å². The number of unbranched alkanes of at least 4 members (excludes halogenated alkanes) is 2. The normalized spacial score (nSPS) is 16.4. The Morgan fingerprint density at radius 2 is 1.00 bits per heavy atom. The summed E-state index contributed by atoms with van der Waals surface area (Å²) in [6.45, 7) is 1.49. The highest BCUT2D eigenvalue weighted by Gasteiger charge is 2.84. The van der Waals surface area contributed by atoms with Crippen LogP contribution in [0, 0.1) is 11.3 Å². The third kappa shape index (κ3) is 4.84. The molecule has 0 N–H and O–H groups in total. The zero-order valence-corrected chi connectivity index (χ0v) is 12.1. The summed E-state index contributed by atoms with van der Waals surface area (Å²) in [6.07, 6.45) is -31.1. The number of halogens is 12. The summed E-state index contributed by atoms with van der Waals surface area (Å²) in [5, 5.41) is 0. The van der Waals surface area contributed by atoms with E-state index in [0.29, 0.717) is 0 Å². The summed E-state index contributed by atoms with van der Waals surface area (Å²) >= 11 is 0. The summed E-state index contributed by atoms with van der Waals surface area (Å²) in [5.41, 5.74) is -6.43. The quantitative estimate of drug-likeness (QED) is 0.348. The SMILES string of the molecule is CCCCCC(CC(C(F)(F)F)(C(F)(F)F)C(F)(F)F)C(F)(F)F. The number of rotatable bonds is 6. The molecule has 24 heavy (non-hydrogen) atoms. The number of hydrogen-bond donors (Lipinski definition) is 0. The fourth-order valence-electron chi connectivity index (χ4n) is 2.22. The van der Waals surface area contributed by atoms with E-state index in [0.717, 1.165) is 0 Å². The minimum Gasteiger partial charge on any atom is -0.171 e. The Labute approximate surface area is 129 Å². The smallest absolute Gasteiger partial charge is 0.171 e. The van der Waals surface area contributed by atoms with Crippen molar-refractivity contribution in [3.63, 3.8) is 0 Å². The second-order valence-corrected chi connectivity index (χ2v) is 5.34. The lowest BCUT2D eigenvalue weighted by molar-refractivity contribution is -0.435. The van der Waals surface area contributed by atoms with Crippen molar-refractivity contribution in [2.24, 2.45) is 11.3 Å². The van der Waals surface area contributed by atoms with Gasteiger partial charge in [0.2, 0.25) is 0 Å². The second-order valence-electron chi connectivity index (χ2n) is 5.34. The molecule has 0 aliphatic heterocycles. The first-order valence-electron chi connectivity index (χ1n) is 6.68. The van der Waals surface area contributed by atoms with Crippen molar-refractivity contribution in [2.75, 3.05) is 0 Å². The van der Waals surface area contributed by atoms with Crippen LogP contribution in [0.25, 0.3) is 0 Å². The fraction of sp³-hybridized carbons (Fsp3) is 1.00. The lowest BCUT2D eigenvalue weighted by atomic mass is 9.75. The van der Waals surface area contributed by atoms with E-state index >= 15 is 0 Å². The van der Waals surface area contributed by atoms with Gasteiger partial charge in [-0.25, -0.2) is 0 Å². The molecule has 0 aromatic rings. The van der Waals surface area contributed by atoms with Gasteiger partial charge in [-0.2, -0.15) is 52.7 Å². The van der Waals surface area contributed by atoms with Crippen LogP contribution in [0.5, 0.6) is 0 Å². The van der Waals surface area contributed by atoms with Crippen molar-refractivity contribution < 1.29 is 52.7 Å². The number of alkyl halides is 12. The average Bonchev–Trinajstić information content (AvgIpc) is 2.26. The molecule has 0 saturated carbocycles. The largest absolute Gasteiger partial charge is 0.412 e. The first-order chi connectivity index (χ1) is 10.4. The van der Waals surface area contributed by atoms with Crippen LogP contribution < -0.4 is 0 Å². The number of hydrogen-bond acceptors (Lipinski definition) is 0. The molecule has 1 atom stereocenters. The van der Waals surface area contributed by atoms with Crippen LogP contribution in [0.2, 0.25) is 0 Å². The van der Waals surface area contributed by atoms with Gasteiger partial charge in [0.25, 0.3) is 5.41 Å². The molecule has 0 rings (SSSR count). The van der Waals surface area contributed by atoms with Crippen LogP contribution in [-0.2, 0) is 0 Å². The zero-order valence-electron chi connectivity index (χ0n) is 12.1. The predicted octanol–water partition coefficient (Wildman–Crippen LogP) is 6.81. The lowest BCUT2D eigenvalue weighted by Crippen LogP contribution is -2.61. The Bertz CT molecular complexity index is 347. The van der Waals surface area contributed by atoms with Gasteiger partial charge in [-0.3, -0.25) is 0 Å². The molecule has 0 amide bonds. The van der Waals surface area contributed by atoms with E-state index in [4.69, 9.17) is 0 Å². The first-order valence-corrected chi connectivity index (χ1v) is 6.68. The zero-order chi connectivity index (χ0) is 19.6. The fourth-order valence-corrected chi connectivity index (χ4v) is 2.22. The summed E-state index contributed by atoms with van der Waals surface area (Å²) in [7, 11) is 0. The van der Waals surface area contributed by atoms with Crippen LogP contribution in [0.15, 0.2) is 0 Å². The second kappa shape index (κ2) is 7.19. The van der Waals surface area contributed by atoms with Crippen molar-refractivity contribution >= 4 is 0 Å². The Hall–Kier alpha value is -0.840. The van der Waals surface area contributed by atoms with E-state index in [1.165, 1.54) is 6.92 Å². The van der Waals surface area contributed by atoms with Gasteiger partial charge in [0.05, 0.1) is 5.92 Å². The molecule has 12 heteroatoms. The maximum absolute atomic E-state index is 12.7. The minimum atomic E-state index is -6.97. The highest BCUT2D eigenvalue weighted by molar-refractivity contribution is 5.01. The van der Waals surface area contributed by atoms with Crippen LogP contribution in [0.1, 0.15) is 39.0 Å².